The van der Waals surface area contributed by atoms with Gasteiger partial charge in [-0.2, -0.15) is 9.78 Å². The van der Waals surface area contributed by atoms with Crippen molar-refractivity contribution in [2.24, 2.45) is 0 Å². The summed E-state index contributed by atoms with van der Waals surface area (Å²) in [5, 5.41) is 17.6. The third kappa shape index (κ3) is 6.72. The number of hydrogen-bond acceptors (Lipinski definition) is 6. The lowest BCUT2D eigenvalue weighted by Gasteiger charge is -2.16. The number of carbonyl (C=O) groups is 1. The Kier molecular flexibility index (Phi) is 9.38. The molecule has 0 radical (unpaired) electrons. The van der Waals surface area contributed by atoms with Crippen molar-refractivity contribution < 1.29 is 4.79 Å². The largest absolute Gasteiger partial charge is 0.372 e. The Balaban J connectivity index is 2.12. The molecule has 0 spiro atoms. The molecule has 2 heterocycles. The van der Waals surface area contributed by atoms with E-state index in [4.69, 9.17) is 27.1 Å². The second-order valence-corrected chi connectivity index (χ2v) is 9.35. The Morgan fingerprint density at radius 1 is 1.16 bits per heavy atom. The summed E-state index contributed by atoms with van der Waals surface area (Å²) < 4.78 is 1.67. The fourth-order valence-electron chi connectivity index (χ4n) is 3.61. The molecular weight excluding hydrogens is 486 g/mol. The van der Waals surface area contributed by atoms with E-state index in [2.05, 4.69) is 12.2 Å². The average molecular weight is 520 g/mol. The maximum atomic E-state index is 12.7. The fourth-order valence-corrected chi connectivity index (χ4v) is 3.73. The van der Waals surface area contributed by atoms with E-state index in [1.54, 1.807) is 43.1 Å². The van der Waals surface area contributed by atoms with Crippen LogP contribution in [0.15, 0.2) is 66.3 Å². The van der Waals surface area contributed by atoms with Gasteiger partial charge in [0.25, 0.3) is 5.91 Å². The Bertz CT molecular complexity index is 1320. The number of carbonyl (C=O) groups excluding carboxylic acids is 1. The topological polar surface area (TPSA) is 90.1 Å². The molecule has 0 saturated heterocycles. The normalized spacial score (nSPS) is 11.8. The van der Waals surface area contributed by atoms with Crippen LogP contribution in [0.4, 0.5) is 11.6 Å². The minimum absolute atomic E-state index is 0.176. The number of pyridine rings is 1. The van der Waals surface area contributed by atoms with Gasteiger partial charge in [-0.3, -0.25) is 9.69 Å². The quantitative estimate of drug-likeness (QED) is 0.275. The maximum Gasteiger partial charge on any atom is 0.251 e. The van der Waals surface area contributed by atoms with E-state index in [0.717, 1.165) is 17.6 Å². The van der Waals surface area contributed by atoms with E-state index in [1.165, 1.54) is 4.90 Å². The lowest BCUT2D eigenvalue weighted by Crippen LogP contribution is -2.25. The Hall–Kier alpha value is -3.75. The lowest BCUT2D eigenvalue weighted by molar-refractivity contribution is -0.113. The third-order valence-electron chi connectivity index (χ3n) is 5.80. The molecule has 0 aliphatic heterocycles. The van der Waals surface area contributed by atoms with Gasteiger partial charge in [-0.1, -0.05) is 48.4 Å². The summed E-state index contributed by atoms with van der Waals surface area (Å²) >= 11 is 6.13. The first-order valence-corrected chi connectivity index (χ1v) is 12.4. The predicted octanol–water partition coefficient (Wildman–Crippen LogP) is 5.43. The number of rotatable bonds is 10. The summed E-state index contributed by atoms with van der Waals surface area (Å²) in [5.41, 5.74) is 3.55. The molecule has 0 saturated carbocycles. The summed E-state index contributed by atoms with van der Waals surface area (Å²) in [6.07, 6.45) is 6.06. The molecular formula is C28H34ClN7O. The summed E-state index contributed by atoms with van der Waals surface area (Å²) in [6.45, 7) is 4.73. The van der Waals surface area contributed by atoms with Crippen molar-refractivity contribution in [1.29, 1.82) is 5.41 Å². The number of halogens is 1. The van der Waals surface area contributed by atoms with Crippen LogP contribution in [0.5, 0.6) is 0 Å². The van der Waals surface area contributed by atoms with Crippen LogP contribution >= 0.6 is 11.6 Å². The van der Waals surface area contributed by atoms with Crippen molar-refractivity contribution in [3.05, 3.63) is 76.9 Å². The first-order chi connectivity index (χ1) is 17.7. The summed E-state index contributed by atoms with van der Waals surface area (Å²) in [6, 6.07) is 12.8. The van der Waals surface area contributed by atoms with Crippen LogP contribution in [0.2, 0.25) is 5.02 Å². The third-order valence-corrected chi connectivity index (χ3v) is 6.05. The van der Waals surface area contributed by atoms with Gasteiger partial charge in [0, 0.05) is 37.3 Å². The smallest absolute Gasteiger partial charge is 0.251 e. The number of aromatic nitrogens is 3. The van der Waals surface area contributed by atoms with Crippen molar-refractivity contribution in [3.63, 3.8) is 0 Å². The van der Waals surface area contributed by atoms with E-state index < -0.39 is 0 Å². The Morgan fingerprint density at radius 2 is 1.86 bits per heavy atom. The van der Waals surface area contributed by atoms with Gasteiger partial charge in [-0.25, -0.2) is 4.98 Å². The molecule has 3 aromatic rings. The molecule has 0 atom stereocenters. The Morgan fingerprint density at radius 3 is 2.49 bits per heavy atom. The number of benzene rings is 1. The summed E-state index contributed by atoms with van der Waals surface area (Å²) in [7, 11) is 7.37. The van der Waals surface area contributed by atoms with Crippen LogP contribution in [0.3, 0.4) is 0 Å². The molecule has 37 heavy (non-hydrogen) atoms. The molecule has 0 unspecified atom stereocenters. The van der Waals surface area contributed by atoms with Gasteiger partial charge in [-0.05, 0) is 57.8 Å². The van der Waals surface area contributed by atoms with Crippen LogP contribution in [0.25, 0.3) is 17.1 Å². The number of anilines is 2. The number of amides is 1. The number of hydrogen-bond donors (Lipinski definition) is 2. The summed E-state index contributed by atoms with van der Waals surface area (Å²) in [5.74, 6) is 1.45. The van der Waals surface area contributed by atoms with E-state index in [1.807, 2.05) is 62.3 Å². The van der Waals surface area contributed by atoms with Crippen LogP contribution in [0.1, 0.15) is 25.8 Å². The molecule has 3 rings (SSSR count). The van der Waals surface area contributed by atoms with Crippen molar-refractivity contribution in [3.8, 4) is 17.1 Å². The van der Waals surface area contributed by atoms with E-state index in [0.29, 0.717) is 46.0 Å². The predicted molar refractivity (Wildman–Crippen MR) is 153 cm³/mol. The lowest BCUT2D eigenvalue weighted by atomic mass is 10.0. The van der Waals surface area contributed by atoms with Crippen LogP contribution in [-0.2, 0) is 4.79 Å². The zero-order valence-corrected chi connectivity index (χ0v) is 23.0. The summed E-state index contributed by atoms with van der Waals surface area (Å²) in [4.78, 5) is 20.9. The van der Waals surface area contributed by atoms with Crippen LogP contribution in [0, 0.1) is 5.41 Å². The van der Waals surface area contributed by atoms with Gasteiger partial charge in [-0.15, -0.1) is 0 Å². The van der Waals surface area contributed by atoms with Gasteiger partial charge in [0.15, 0.2) is 5.82 Å². The van der Waals surface area contributed by atoms with Gasteiger partial charge >= 0.3 is 0 Å². The number of nitrogens with zero attached hydrogens (tertiary/aromatic N) is 5. The second kappa shape index (κ2) is 12.5. The molecule has 1 aromatic carbocycles. The van der Waals surface area contributed by atoms with Crippen molar-refractivity contribution in [2.45, 2.75) is 20.3 Å². The highest BCUT2D eigenvalue weighted by molar-refractivity contribution is 6.30. The average Bonchev–Trinajstić information content (AvgIpc) is 3.28. The molecule has 2 aromatic heterocycles. The van der Waals surface area contributed by atoms with Crippen LogP contribution < -0.4 is 10.2 Å². The first-order valence-electron chi connectivity index (χ1n) is 12.0. The fraction of sp³-hybridized carbons (Fsp3) is 0.286. The van der Waals surface area contributed by atoms with E-state index in [-0.39, 0.29) is 5.91 Å². The highest BCUT2D eigenvalue weighted by Gasteiger charge is 2.23. The standard InChI is InChI=1S/C28H34ClN7O/c1-7-19(2)18-22(30)26-27(20-13-15-21(29)16-14-20)33-36(28(26)31-3)24-11-8-10-23(32-24)35(6)25(37)12-9-17-34(4)5/h8-16,18,30-31H,7,17H2,1-6H3. The molecule has 0 aliphatic rings. The highest BCUT2D eigenvalue weighted by atomic mass is 35.5. The monoisotopic (exact) mass is 519 g/mol. The van der Waals surface area contributed by atoms with Gasteiger partial charge in [0.2, 0.25) is 0 Å². The van der Waals surface area contributed by atoms with E-state index in [9.17, 15) is 4.79 Å². The minimum atomic E-state index is -0.176. The minimum Gasteiger partial charge on any atom is -0.372 e. The van der Waals surface area contributed by atoms with Crippen LogP contribution in [-0.4, -0.2) is 66.0 Å². The molecule has 1 amide bonds. The van der Waals surface area contributed by atoms with Crippen molar-refractivity contribution in [2.75, 3.05) is 45.0 Å². The number of nitrogens with one attached hydrogen (secondary N) is 2. The zero-order valence-electron chi connectivity index (χ0n) is 22.2. The first kappa shape index (κ1) is 27.8. The maximum absolute atomic E-state index is 12.7. The molecule has 0 aliphatic carbocycles. The molecule has 2 N–H and O–H groups in total. The molecule has 9 heteroatoms. The SMILES string of the molecule is CCC(C)=CC(=N)c1c(-c2ccc(Cl)cc2)nn(-c2cccc(N(C)C(=O)C=CCN(C)C)n2)c1NC. The molecule has 8 nitrogen and oxygen atoms in total. The number of likely N-dealkylation sites (N-methyl/N-ethyl adjacent to an activating group) is 2. The zero-order chi connectivity index (χ0) is 27.1. The van der Waals surface area contributed by atoms with Gasteiger partial charge < -0.3 is 15.6 Å². The molecule has 194 valence electrons. The highest BCUT2D eigenvalue weighted by Crippen LogP contribution is 2.32. The Labute approximate surface area is 223 Å². The van der Waals surface area contributed by atoms with Crippen molar-refractivity contribution in [1.82, 2.24) is 19.7 Å². The van der Waals surface area contributed by atoms with Gasteiger partial charge in [0.1, 0.15) is 17.3 Å². The van der Waals surface area contributed by atoms with Crippen molar-refractivity contribution >= 4 is 34.9 Å². The van der Waals surface area contributed by atoms with E-state index >= 15 is 0 Å². The number of allylic oxidation sites excluding steroid dienone is 2. The molecule has 0 fully saturated rings. The molecule has 0 bridgehead atoms. The van der Waals surface area contributed by atoms with Gasteiger partial charge in [0.05, 0.1) is 11.3 Å². The second-order valence-electron chi connectivity index (χ2n) is 8.91.